The van der Waals surface area contributed by atoms with Crippen LogP contribution in [0.3, 0.4) is 0 Å². The average Bonchev–Trinajstić information content (AvgIpc) is 2.77. The van der Waals surface area contributed by atoms with Crippen LogP contribution in [0.5, 0.6) is 0 Å². The van der Waals surface area contributed by atoms with Gasteiger partial charge in [-0.1, -0.05) is 60.3 Å². The van der Waals surface area contributed by atoms with Crippen LogP contribution in [0.25, 0.3) is 21.7 Å². The Morgan fingerprint density at radius 1 is 0.643 bits per heavy atom. The lowest BCUT2D eigenvalue weighted by Crippen LogP contribution is -2.15. The van der Waals surface area contributed by atoms with Crippen LogP contribution in [0.4, 0.5) is 17.1 Å². The normalized spacial score (nSPS) is 12.8. The molecule has 4 aromatic carbocycles. The van der Waals surface area contributed by atoms with E-state index >= 15 is 0 Å². The molecule has 4 heteroatoms. The molecule has 6 rings (SSSR count). The summed E-state index contributed by atoms with van der Waals surface area (Å²) >= 11 is 1.82. The summed E-state index contributed by atoms with van der Waals surface area (Å²) in [5, 5.41) is 3.44. The fourth-order valence-corrected chi connectivity index (χ4v) is 5.02. The number of anilines is 3. The van der Waals surface area contributed by atoms with Crippen molar-refractivity contribution in [2.45, 2.75) is 9.79 Å². The van der Waals surface area contributed by atoms with Crippen molar-refractivity contribution in [3.05, 3.63) is 91.4 Å². The summed E-state index contributed by atoms with van der Waals surface area (Å²) in [7, 11) is 0. The molecule has 0 aliphatic carbocycles. The van der Waals surface area contributed by atoms with Gasteiger partial charge in [-0.05, 0) is 35.7 Å². The van der Waals surface area contributed by atoms with Crippen molar-refractivity contribution in [1.82, 2.24) is 9.97 Å². The number of benzene rings is 4. The van der Waals surface area contributed by atoms with E-state index in [9.17, 15) is 0 Å². The Morgan fingerprint density at radius 3 is 2.04 bits per heavy atom. The van der Waals surface area contributed by atoms with Crippen LogP contribution >= 0.6 is 11.8 Å². The number of aromatic nitrogens is 2. The number of para-hydroxylation sites is 2. The Labute approximate surface area is 166 Å². The van der Waals surface area contributed by atoms with E-state index in [2.05, 4.69) is 93.7 Å². The maximum absolute atomic E-state index is 4.56. The molecule has 0 radical (unpaired) electrons. The third-order valence-corrected chi connectivity index (χ3v) is 6.31. The first-order valence-electron chi connectivity index (χ1n) is 9.18. The van der Waals surface area contributed by atoms with E-state index in [4.69, 9.17) is 0 Å². The van der Waals surface area contributed by atoms with Gasteiger partial charge in [-0.2, -0.15) is 0 Å². The molecular weight excluding hydrogens is 362 g/mol. The minimum absolute atomic E-state index is 0.955. The molecule has 5 aromatic rings. The summed E-state index contributed by atoms with van der Waals surface area (Å²) < 4.78 is 0. The maximum atomic E-state index is 4.56. The van der Waals surface area contributed by atoms with Crippen LogP contribution in [-0.2, 0) is 0 Å². The van der Waals surface area contributed by atoms with Gasteiger partial charge in [0.1, 0.15) is 6.33 Å². The van der Waals surface area contributed by atoms with Crippen molar-refractivity contribution in [2.24, 2.45) is 0 Å². The smallest absolute Gasteiger partial charge is 0.116 e. The molecular formula is C24H15N3S. The first-order chi connectivity index (χ1) is 13.9. The topological polar surface area (TPSA) is 29.0 Å². The predicted molar refractivity (Wildman–Crippen MR) is 116 cm³/mol. The van der Waals surface area contributed by atoms with Crippen molar-refractivity contribution in [3.8, 4) is 0 Å². The summed E-state index contributed by atoms with van der Waals surface area (Å²) in [5.41, 5.74) is 4.49. The molecule has 1 aliphatic rings. The van der Waals surface area contributed by atoms with Crippen LogP contribution < -0.4 is 4.90 Å². The Morgan fingerprint density at radius 2 is 1.29 bits per heavy atom. The molecule has 0 spiro atoms. The Kier molecular flexibility index (Phi) is 3.40. The number of hydrogen-bond acceptors (Lipinski definition) is 4. The van der Waals surface area contributed by atoms with Crippen molar-refractivity contribution in [1.29, 1.82) is 0 Å². The zero-order chi connectivity index (χ0) is 18.5. The fraction of sp³-hybridized carbons (Fsp3) is 0. The van der Waals surface area contributed by atoms with E-state index in [1.165, 1.54) is 31.9 Å². The predicted octanol–water partition coefficient (Wildman–Crippen LogP) is 6.72. The Bertz CT molecular complexity index is 1320. The summed E-state index contributed by atoms with van der Waals surface area (Å²) in [6.45, 7) is 0. The number of rotatable bonds is 1. The summed E-state index contributed by atoms with van der Waals surface area (Å²) in [6.07, 6.45) is 3.53. The molecule has 1 aromatic heterocycles. The van der Waals surface area contributed by atoms with Gasteiger partial charge in [-0.25, -0.2) is 9.97 Å². The second-order valence-corrected chi connectivity index (χ2v) is 7.85. The molecule has 1 aliphatic heterocycles. The van der Waals surface area contributed by atoms with E-state index in [1.54, 1.807) is 6.33 Å². The van der Waals surface area contributed by atoms with E-state index in [0.29, 0.717) is 0 Å². The van der Waals surface area contributed by atoms with Crippen LogP contribution in [0.2, 0.25) is 0 Å². The van der Waals surface area contributed by atoms with Gasteiger partial charge in [-0.15, -0.1) is 0 Å². The molecule has 0 saturated carbocycles. The average molecular weight is 377 g/mol. The first-order valence-corrected chi connectivity index (χ1v) is 9.99. The zero-order valence-corrected chi connectivity index (χ0v) is 15.7. The molecule has 0 amide bonds. The molecule has 3 nitrogen and oxygen atoms in total. The molecule has 0 bridgehead atoms. The molecule has 0 N–H and O–H groups in total. The van der Waals surface area contributed by atoms with Gasteiger partial charge >= 0.3 is 0 Å². The second-order valence-electron chi connectivity index (χ2n) is 6.77. The molecule has 0 atom stereocenters. The van der Waals surface area contributed by atoms with Crippen LogP contribution in [-0.4, -0.2) is 9.97 Å². The van der Waals surface area contributed by atoms with Gasteiger partial charge in [0.15, 0.2) is 0 Å². The molecule has 0 unspecified atom stereocenters. The molecule has 0 saturated heterocycles. The van der Waals surface area contributed by atoms with Crippen LogP contribution in [0.1, 0.15) is 0 Å². The van der Waals surface area contributed by atoms with E-state index in [-0.39, 0.29) is 0 Å². The van der Waals surface area contributed by atoms with Crippen LogP contribution in [0, 0.1) is 0 Å². The van der Waals surface area contributed by atoms with Gasteiger partial charge in [-0.3, -0.25) is 0 Å². The minimum atomic E-state index is 0.955. The standard InChI is InChI=1S/C24H15N3S/c1-2-8-17-16(7-1)18-14-25-15-26-19(18)13-22(17)27-20-9-3-5-11-23(20)28-24-12-6-4-10-21(24)27/h1-15H. The molecule has 2 heterocycles. The van der Waals surface area contributed by atoms with E-state index in [0.717, 1.165) is 16.6 Å². The molecule has 28 heavy (non-hydrogen) atoms. The van der Waals surface area contributed by atoms with Gasteiger partial charge in [0, 0.05) is 26.8 Å². The van der Waals surface area contributed by atoms with Crippen molar-refractivity contribution >= 4 is 50.5 Å². The fourth-order valence-electron chi connectivity index (χ4n) is 3.96. The summed E-state index contributed by atoms with van der Waals surface area (Å²) in [4.78, 5) is 13.7. The minimum Gasteiger partial charge on any atom is -0.308 e. The quantitative estimate of drug-likeness (QED) is 0.298. The molecule has 132 valence electrons. The second kappa shape index (κ2) is 6.08. The highest BCUT2D eigenvalue weighted by Gasteiger charge is 2.26. The SMILES string of the molecule is c1ccc2c(c1)Sc1ccccc1N2c1cc2ncncc2c2ccccc12. The number of fused-ring (bicyclic) bond motifs is 5. The lowest BCUT2D eigenvalue weighted by molar-refractivity contribution is 1.17. The largest absolute Gasteiger partial charge is 0.308 e. The monoisotopic (exact) mass is 377 g/mol. The highest BCUT2D eigenvalue weighted by molar-refractivity contribution is 7.99. The van der Waals surface area contributed by atoms with Gasteiger partial charge < -0.3 is 4.90 Å². The lowest BCUT2D eigenvalue weighted by atomic mass is 10.0. The Balaban J connectivity index is 1.75. The van der Waals surface area contributed by atoms with E-state index in [1.807, 2.05) is 18.0 Å². The third kappa shape index (κ3) is 2.25. The van der Waals surface area contributed by atoms with E-state index < -0.39 is 0 Å². The van der Waals surface area contributed by atoms with Gasteiger partial charge in [0.2, 0.25) is 0 Å². The van der Waals surface area contributed by atoms with Gasteiger partial charge in [0.05, 0.1) is 22.6 Å². The zero-order valence-electron chi connectivity index (χ0n) is 14.9. The van der Waals surface area contributed by atoms with Crippen LogP contribution in [0.15, 0.2) is 101 Å². The number of nitrogens with zero attached hydrogens (tertiary/aromatic N) is 3. The third-order valence-electron chi connectivity index (χ3n) is 5.18. The summed E-state index contributed by atoms with van der Waals surface area (Å²) in [6, 6.07) is 27.9. The first kappa shape index (κ1) is 15.7. The lowest BCUT2D eigenvalue weighted by Gasteiger charge is -2.33. The molecule has 0 fully saturated rings. The van der Waals surface area contributed by atoms with Crippen molar-refractivity contribution in [2.75, 3.05) is 4.90 Å². The van der Waals surface area contributed by atoms with Gasteiger partial charge in [0.25, 0.3) is 0 Å². The number of hydrogen-bond donors (Lipinski definition) is 0. The Hall–Kier alpha value is -3.37. The highest BCUT2D eigenvalue weighted by atomic mass is 32.2. The maximum Gasteiger partial charge on any atom is 0.116 e. The van der Waals surface area contributed by atoms with Crippen molar-refractivity contribution < 1.29 is 0 Å². The van der Waals surface area contributed by atoms with Crippen molar-refractivity contribution in [3.63, 3.8) is 0 Å². The highest BCUT2D eigenvalue weighted by Crippen LogP contribution is 2.52. The summed E-state index contributed by atoms with van der Waals surface area (Å²) in [5.74, 6) is 0.